The van der Waals surface area contributed by atoms with Gasteiger partial charge in [-0.25, -0.2) is 0 Å². The zero-order valence-electron chi connectivity index (χ0n) is 17.6. The molecule has 0 aliphatic heterocycles. The first-order valence-electron chi connectivity index (χ1n) is 7.88. The molecule has 0 spiro atoms. The normalized spacial score (nSPS) is 8.09. The predicted octanol–water partition coefficient (Wildman–Crippen LogP) is 3.23. The Morgan fingerprint density at radius 2 is 0.682 bits per heavy atom. The molecule has 0 aromatic heterocycles. The Labute approximate surface area is 162 Å². The molecule has 22 heavy (non-hydrogen) atoms. The monoisotopic (exact) mass is 374 g/mol. The van der Waals surface area contributed by atoms with Gasteiger partial charge in [-0.05, 0) is 55.4 Å². The van der Waals surface area contributed by atoms with Crippen LogP contribution in [0.4, 0.5) is 0 Å². The van der Waals surface area contributed by atoms with E-state index in [2.05, 4.69) is 13.8 Å². The summed E-state index contributed by atoms with van der Waals surface area (Å²) in [6.45, 7) is 18.3. The maximum atomic E-state index is 8.06. The van der Waals surface area contributed by atoms with Gasteiger partial charge in [0.2, 0.25) is 0 Å². The van der Waals surface area contributed by atoms with Gasteiger partial charge in [-0.15, -0.1) is 0 Å². The first kappa shape index (κ1) is 38.6. The summed E-state index contributed by atoms with van der Waals surface area (Å²) in [6.07, 6.45) is -0.667. The Morgan fingerprint density at radius 1 is 0.591 bits per heavy atom. The van der Waals surface area contributed by atoms with Gasteiger partial charge >= 0.3 is 39.6 Å². The molecular formula is C16H43AlO4Ti. The summed E-state index contributed by atoms with van der Waals surface area (Å²) in [5, 5.41) is 35.1. The maximum absolute atomic E-state index is 8.06. The van der Waals surface area contributed by atoms with Crippen molar-refractivity contribution in [2.45, 2.75) is 104 Å². The number of rotatable bonds is 2. The molecule has 4 N–H and O–H groups in total. The van der Waals surface area contributed by atoms with E-state index in [0.717, 1.165) is 15.2 Å². The van der Waals surface area contributed by atoms with Crippen LogP contribution in [0.2, 0.25) is 10.6 Å². The van der Waals surface area contributed by atoms with Gasteiger partial charge in [0, 0.05) is 46.1 Å². The fourth-order valence-electron chi connectivity index (χ4n) is 0.289. The number of aliphatic hydroxyl groups excluding tert-OH is 4. The van der Waals surface area contributed by atoms with E-state index in [1.54, 1.807) is 55.4 Å². The molecule has 0 aliphatic rings. The molecule has 0 saturated carbocycles. The van der Waals surface area contributed by atoms with E-state index in [0.29, 0.717) is 0 Å². The molecule has 4 nitrogen and oxygen atoms in total. The molecule has 0 aromatic carbocycles. The quantitative estimate of drug-likeness (QED) is 0.560. The van der Waals surface area contributed by atoms with Crippen molar-refractivity contribution < 1.29 is 43.6 Å². The van der Waals surface area contributed by atoms with Crippen LogP contribution in [0.5, 0.6) is 0 Å². The van der Waals surface area contributed by atoms with Crippen molar-refractivity contribution in [1.29, 1.82) is 0 Å². The van der Waals surface area contributed by atoms with Gasteiger partial charge < -0.3 is 21.9 Å². The zero-order chi connectivity index (χ0) is 18.4. The molecule has 0 unspecified atom stereocenters. The van der Waals surface area contributed by atoms with Crippen molar-refractivity contribution in [2.24, 2.45) is 0 Å². The standard InChI is InChI=1S/4C3H8O.2C2H5.Al.Ti.H/c4*1-3(2)4;2*1-2;;;/h4*3-4H,1-2H3;2*1H2,2H3;;;/q;;;;;;+1;;-1. The first-order valence-corrected chi connectivity index (χ1v) is 9.52. The van der Waals surface area contributed by atoms with Crippen LogP contribution < -0.4 is 0 Å². The second kappa shape index (κ2) is 38.0. The van der Waals surface area contributed by atoms with Gasteiger partial charge in [0.1, 0.15) is 0 Å². The molecule has 0 fully saturated rings. The molecule has 0 bridgehead atoms. The SMILES string of the molecule is CC(C)O.CC(C)O.CC(C)O.CC(C)O.C[CH2][Al+][CH2]C.[H-].[Ti]. The van der Waals surface area contributed by atoms with E-state index in [1.807, 2.05) is 0 Å². The van der Waals surface area contributed by atoms with E-state index < -0.39 is 0 Å². The van der Waals surface area contributed by atoms with E-state index in [9.17, 15) is 0 Å². The van der Waals surface area contributed by atoms with Gasteiger partial charge in [0.15, 0.2) is 0 Å². The number of hydrogen-bond donors (Lipinski definition) is 4. The maximum Gasteiger partial charge on any atom is 0 e. The van der Waals surface area contributed by atoms with Crippen molar-refractivity contribution in [2.75, 3.05) is 0 Å². The molecule has 0 heterocycles. The molecule has 6 heteroatoms. The van der Waals surface area contributed by atoms with E-state index in [-0.39, 0.29) is 47.6 Å². The van der Waals surface area contributed by atoms with Gasteiger partial charge in [-0.2, -0.15) is 0 Å². The summed E-state index contributed by atoms with van der Waals surface area (Å²) >= 11 is 0.815. The molecular weight excluding hydrogens is 331 g/mol. The largest absolute Gasteiger partial charge is 1.00 e. The summed E-state index contributed by atoms with van der Waals surface area (Å²) in [7, 11) is 0. The zero-order valence-corrected chi connectivity index (χ0v) is 19.3. The molecule has 0 aromatic rings. The molecule has 0 amide bonds. The Bertz CT molecular complexity index is 104. The minimum atomic E-state index is -0.167. The van der Waals surface area contributed by atoms with Crippen molar-refractivity contribution in [3.63, 3.8) is 0 Å². The smallest absolute Gasteiger partial charge is 0 e. The average molecular weight is 374 g/mol. The first-order chi connectivity index (χ1) is 9.34. The summed E-state index contributed by atoms with van der Waals surface area (Å²) in [5.74, 6) is 0. The van der Waals surface area contributed by atoms with Crippen LogP contribution in [0.25, 0.3) is 0 Å². The molecule has 0 atom stereocenters. The van der Waals surface area contributed by atoms with Crippen LogP contribution in [0.3, 0.4) is 0 Å². The van der Waals surface area contributed by atoms with Crippen molar-refractivity contribution in [3.05, 3.63) is 0 Å². The minimum absolute atomic E-state index is 0. The van der Waals surface area contributed by atoms with Gasteiger partial charge in [-0.3, -0.25) is 0 Å². The van der Waals surface area contributed by atoms with Crippen LogP contribution in [-0.4, -0.2) is 60.1 Å². The Balaban J connectivity index is -0.0000000273. The average Bonchev–Trinajstić information content (AvgIpc) is 2.14. The molecule has 0 rings (SSSR count). The molecule has 0 radical (unpaired) electrons. The third kappa shape index (κ3) is 893. The van der Waals surface area contributed by atoms with E-state index in [1.165, 1.54) is 10.6 Å². The molecule has 138 valence electrons. The Morgan fingerprint density at radius 3 is 0.682 bits per heavy atom. The fourth-order valence-corrected chi connectivity index (χ4v) is 0.866. The third-order valence-electron chi connectivity index (χ3n) is 0.577. The second-order valence-electron chi connectivity index (χ2n) is 5.48. The summed E-state index contributed by atoms with van der Waals surface area (Å²) < 4.78 is 0. The van der Waals surface area contributed by atoms with Crippen molar-refractivity contribution >= 4 is 15.2 Å². The molecule has 0 saturated heterocycles. The Hall–Kier alpha value is 1.09. The van der Waals surface area contributed by atoms with Crippen LogP contribution in [0.1, 0.15) is 70.7 Å². The number of aliphatic hydroxyl groups is 4. The summed E-state index contributed by atoms with van der Waals surface area (Å²) in [4.78, 5) is 0. The van der Waals surface area contributed by atoms with Crippen LogP contribution in [0.15, 0.2) is 0 Å². The van der Waals surface area contributed by atoms with E-state index >= 15 is 0 Å². The Kier molecular flexibility index (Phi) is 66.5. The van der Waals surface area contributed by atoms with Gasteiger partial charge in [0.25, 0.3) is 0 Å². The van der Waals surface area contributed by atoms with Crippen molar-refractivity contribution in [1.82, 2.24) is 0 Å². The summed E-state index contributed by atoms with van der Waals surface area (Å²) in [5.41, 5.74) is 0. The van der Waals surface area contributed by atoms with Crippen molar-refractivity contribution in [3.8, 4) is 0 Å². The molecule has 0 aliphatic carbocycles. The topological polar surface area (TPSA) is 80.9 Å². The minimum Gasteiger partial charge on any atom is -1.00 e. The van der Waals surface area contributed by atoms with Crippen LogP contribution in [0, 0.1) is 0 Å². The second-order valence-corrected chi connectivity index (χ2v) is 7.69. The number of hydrogen-bond acceptors (Lipinski definition) is 4. The third-order valence-corrected chi connectivity index (χ3v) is 1.73. The van der Waals surface area contributed by atoms with Gasteiger partial charge in [0.05, 0.1) is 0 Å². The summed E-state index contributed by atoms with van der Waals surface area (Å²) in [6, 6.07) is 0. The van der Waals surface area contributed by atoms with Gasteiger partial charge in [-0.1, -0.05) is 0 Å². The van der Waals surface area contributed by atoms with E-state index in [4.69, 9.17) is 20.4 Å². The fraction of sp³-hybridized carbons (Fsp3) is 1.00. The van der Waals surface area contributed by atoms with Crippen LogP contribution >= 0.6 is 0 Å². The predicted molar refractivity (Wildman–Crippen MR) is 97.2 cm³/mol. The van der Waals surface area contributed by atoms with Crippen LogP contribution in [-0.2, 0) is 21.7 Å².